The molecular formula is C12H8Br2Cl2N2. The second kappa shape index (κ2) is 5.70. The minimum atomic E-state index is 0.475. The molecule has 2 nitrogen and oxygen atoms in total. The van der Waals surface area contributed by atoms with Gasteiger partial charge in [-0.05, 0) is 56.1 Å². The molecule has 0 fully saturated rings. The standard InChI is InChI=1S/C12H8Br2Cl2N2/c13-7-2-1-3-8(14)11(7)18-12-9(15)4-6(17)5-10(12)16/h1-5,18H,17H2. The Morgan fingerprint density at radius 1 is 0.944 bits per heavy atom. The summed E-state index contributed by atoms with van der Waals surface area (Å²) >= 11 is 19.2. The van der Waals surface area contributed by atoms with E-state index in [2.05, 4.69) is 37.2 Å². The first-order valence-electron chi connectivity index (χ1n) is 4.94. The van der Waals surface area contributed by atoms with Crippen LogP contribution in [0, 0.1) is 0 Å². The number of nitrogens with one attached hydrogen (secondary N) is 1. The van der Waals surface area contributed by atoms with Crippen molar-refractivity contribution in [2.45, 2.75) is 0 Å². The lowest BCUT2D eigenvalue weighted by molar-refractivity contribution is 1.50. The SMILES string of the molecule is Nc1cc(Cl)c(Nc2c(Br)cccc2Br)c(Cl)c1. The lowest BCUT2D eigenvalue weighted by atomic mass is 10.2. The summed E-state index contributed by atoms with van der Waals surface area (Å²) in [5.74, 6) is 0. The van der Waals surface area contributed by atoms with E-state index in [0.717, 1.165) is 14.6 Å². The van der Waals surface area contributed by atoms with Gasteiger partial charge < -0.3 is 11.1 Å². The first-order valence-corrected chi connectivity index (χ1v) is 7.29. The van der Waals surface area contributed by atoms with E-state index in [1.165, 1.54) is 0 Å². The van der Waals surface area contributed by atoms with E-state index < -0.39 is 0 Å². The van der Waals surface area contributed by atoms with Crippen molar-refractivity contribution in [2.24, 2.45) is 0 Å². The van der Waals surface area contributed by atoms with E-state index in [9.17, 15) is 0 Å². The lowest BCUT2D eigenvalue weighted by Crippen LogP contribution is -1.96. The minimum Gasteiger partial charge on any atom is -0.399 e. The lowest BCUT2D eigenvalue weighted by Gasteiger charge is -2.14. The minimum absolute atomic E-state index is 0.475. The average molecular weight is 411 g/mol. The van der Waals surface area contributed by atoms with Crippen LogP contribution in [0.1, 0.15) is 0 Å². The van der Waals surface area contributed by atoms with Gasteiger partial charge in [0.05, 0.1) is 21.4 Å². The largest absolute Gasteiger partial charge is 0.399 e. The zero-order valence-electron chi connectivity index (χ0n) is 8.98. The summed E-state index contributed by atoms with van der Waals surface area (Å²) in [5.41, 5.74) is 7.67. The molecule has 2 aromatic rings. The smallest absolute Gasteiger partial charge is 0.0765 e. The third-order valence-electron chi connectivity index (χ3n) is 2.28. The summed E-state index contributed by atoms with van der Waals surface area (Å²) < 4.78 is 1.81. The zero-order valence-corrected chi connectivity index (χ0v) is 13.7. The van der Waals surface area contributed by atoms with Crippen LogP contribution in [0.15, 0.2) is 39.3 Å². The van der Waals surface area contributed by atoms with Crippen molar-refractivity contribution in [3.63, 3.8) is 0 Å². The molecule has 0 spiro atoms. The molecule has 0 amide bonds. The van der Waals surface area contributed by atoms with Crippen molar-refractivity contribution >= 4 is 72.1 Å². The summed E-state index contributed by atoms with van der Waals surface area (Å²) in [4.78, 5) is 0. The quantitative estimate of drug-likeness (QED) is 0.610. The summed E-state index contributed by atoms with van der Waals surface area (Å²) in [7, 11) is 0. The van der Waals surface area contributed by atoms with Crippen molar-refractivity contribution in [1.82, 2.24) is 0 Å². The van der Waals surface area contributed by atoms with Crippen LogP contribution in [0.25, 0.3) is 0 Å². The van der Waals surface area contributed by atoms with Gasteiger partial charge >= 0.3 is 0 Å². The predicted octanol–water partition coefficient (Wildman–Crippen LogP) is 5.84. The molecule has 0 heterocycles. The number of rotatable bonds is 2. The van der Waals surface area contributed by atoms with Gasteiger partial charge in [0.25, 0.3) is 0 Å². The molecule has 94 valence electrons. The monoisotopic (exact) mass is 408 g/mol. The molecule has 3 N–H and O–H groups in total. The fraction of sp³-hybridized carbons (Fsp3) is 0. The topological polar surface area (TPSA) is 38.0 Å². The Bertz CT molecular complexity index is 559. The second-order valence-corrected chi connectivity index (χ2v) is 6.10. The van der Waals surface area contributed by atoms with E-state index >= 15 is 0 Å². The number of benzene rings is 2. The highest BCUT2D eigenvalue weighted by Crippen LogP contribution is 2.39. The number of hydrogen-bond acceptors (Lipinski definition) is 2. The Morgan fingerprint density at radius 2 is 1.44 bits per heavy atom. The highest BCUT2D eigenvalue weighted by Gasteiger charge is 2.11. The van der Waals surface area contributed by atoms with Crippen molar-refractivity contribution in [3.8, 4) is 0 Å². The maximum atomic E-state index is 6.13. The highest BCUT2D eigenvalue weighted by molar-refractivity contribution is 9.11. The first kappa shape index (κ1) is 14.0. The number of hydrogen-bond donors (Lipinski definition) is 2. The molecule has 2 rings (SSSR count). The molecule has 18 heavy (non-hydrogen) atoms. The van der Waals surface area contributed by atoms with Crippen molar-refractivity contribution < 1.29 is 0 Å². The molecule has 0 aliphatic carbocycles. The average Bonchev–Trinajstić information content (AvgIpc) is 2.26. The van der Waals surface area contributed by atoms with Crippen LogP contribution in [0.5, 0.6) is 0 Å². The molecule has 0 unspecified atom stereocenters. The number of nitrogens with two attached hydrogens (primary N) is 1. The van der Waals surface area contributed by atoms with Gasteiger partial charge in [-0.2, -0.15) is 0 Å². The fourth-order valence-electron chi connectivity index (χ4n) is 1.45. The molecule has 0 saturated heterocycles. The van der Waals surface area contributed by atoms with Crippen LogP contribution in [0.2, 0.25) is 10.0 Å². The van der Waals surface area contributed by atoms with E-state index in [-0.39, 0.29) is 0 Å². The normalized spacial score (nSPS) is 10.4. The molecule has 0 aliphatic rings. The first-order chi connectivity index (χ1) is 8.49. The van der Waals surface area contributed by atoms with Gasteiger partial charge in [-0.1, -0.05) is 29.3 Å². The Morgan fingerprint density at radius 3 is 1.94 bits per heavy atom. The van der Waals surface area contributed by atoms with Crippen LogP contribution in [0.4, 0.5) is 17.1 Å². The number of anilines is 3. The molecule has 0 saturated carbocycles. The van der Waals surface area contributed by atoms with E-state index in [1.54, 1.807) is 12.1 Å². The van der Waals surface area contributed by atoms with E-state index in [0.29, 0.717) is 21.4 Å². The van der Waals surface area contributed by atoms with Gasteiger partial charge in [-0.25, -0.2) is 0 Å². The number of para-hydroxylation sites is 1. The summed E-state index contributed by atoms with van der Waals surface area (Å²) in [6, 6.07) is 9.07. The molecule has 6 heteroatoms. The van der Waals surface area contributed by atoms with E-state index in [4.69, 9.17) is 28.9 Å². The zero-order chi connectivity index (χ0) is 13.3. The van der Waals surface area contributed by atoms with Gasteiger partial charge in [0, 0.05) is 14.6 Å². The van der Waals surface area contributed by atoms with Gasteiger partial charge in [-0.3, -0.25) is 0 Å². The van der Waals surface area contributed by atoms with Crippen molar-refractivity contribution in [2.75, 3.05) is 11.1 Å². The van der Waals surface area contributed by atoms with Crippen LogP contribution in [-0.2, 0) is 0 Å². The Hall–Kier alpha value is -0.420. The van der Waals surface area contributed by atoms with Gasteiger partial charge in [0.1, 0.15) is 0 Å². The van der Waals surface area contributed by atoms with Crippen LogP contribution in [-0.4, -0.2) is 0 Å². The van der Waals surface area contributed by atoms with Crippen LogP contribution in [0.3, 0.4) is 0 Å². The maximum Gasteiger partial charge on any atom is 0.0765 e. The van der Waals surface area contributed by atoms with Crippen molar-refractivity contribution in [3.05, 3.63) is 49.3 Å². The van der Waals surface area contributed by atoms with Crippen LogP contribution >= 0.6 is 55.1 Å². The highest BCUT2D eigenvalue weighted by atomic mass is 79.9. The second-order valence-electron chi connectivity index (χ2n) is 3.58. The summed E-state index contributed by atoms with van der Waals surface area (Å²) in [6.07, 6.45) is 0. The van der Waals surface area contributed by atoms with Crippen molar-refractivity contribution in [1.29, 1.82) is 0 Å². The Kier molecular flexibility index (Phi) is 4.43. The van der Waals surface area contributed by atoms with E-state index in [1.807, 2.05) is 18.2 Å². The fourth-order valence-corrected chi connectivity index (χ4v) is 3.25. The third kappa shape index (κ3) is 2.94. The molecule has 0 aromatic heterocycles. The summed E-state index contributed by atoms with van der Waals surface area (Å²) in [5, 5.41) is 4.14. The maximum absolute atomic E-state index is 6.13. The molecular weight excluding hydrogens is 403 g/mol. The number of halogens is 4. The molecule has 0 atom stereocenters. The van der Waals surface area contributed by atoms with Crippen LogP contribution < -0.4 is 11.1 Å². The number of nitrogen functional groups attached to an aromatic ring is 1. The third-order valence-corrected chi connectivity index (χ3v) is 4.20. The molecule has 2 aromatic carbocycles. The predicted molar refractivity (Wildman–Crippen MR) is 86.0 cm³/mol. The van der Waals surface area contributed by atoms with Gasteiger partial charge in [0.15, 0.2) is 0 Å². The van der Waals surface area contributed by atoms with Gasteiger partial charge in [0.2, 0.25) is 0 Å². The molecule has 0 radical (unpaired) electrons. The molecule has 0 bridgehead atoms. The Balaban J connectivity index is 2.47. The van der Waals surface area contributed by atoms with Gasteiger partial charge in [-0.15, -0.1) is 0 Å². The summed E-state index contributed by atoms with van der Waals surface area (Å²) in [6.45, 7) is 0. The molecule has 0 aliphatic heterocycles. The Labute approximate surface area is 132 Å².